The second-order valence-electron chi connectivity index (χ2n) is 13.9. The number of ether oxygens (including phenoxy) is 1. The van der Waals surface area contributed by atoms with Gasteiger partial charge in [-0.3, -0.25) is 0 Å². The summed E-state index contributed by atoms with van der Waals surface area (Å²) in [5.74, 6) is 3.47. The number of allylic oxidation sites excluding steroid dienone is 1. The molecule has 0 spiro atoms. The van der Waals surface area contributed by atoms with Crippen molar-refractivity contribution in [3.05, 3.63) is 29.6 Å². The molecule has 8 unspecified atom stereocenters. The van der Waals surface area contributed by atoms with Crippen LogP contribution in [0.5, 0.6) is 0 Å². The van der Waals surface area contributed by atoms with Crippen molar-refractivity contribution in [2.24, 2.45) is 40.4 Å². The van der Waals surface area contributed by atoms with E-state index in [1.165, 1.54) is 35.3 Å². The van der Waals surface area contributed by atoms with Crippen LogP contribution in [-0.2, 0) is 11.3 Å². The van der Waals surface area contributed by atoms with Gasteiger partial charge >= 0.3 is 0 Å². The molecular formula is C35H63FN2O3S. The van der Waals surface area contributed by atoms with Crippen molar-refractivity contribution in [2.45, 2.75) is 152 Å². The molecule has 0 aromatic carbocycles. The van der Waals surface area contributed by atoms with Crippen LogP contribution in [0.2, 0.25) is 0 Å². The molecule has 7 heteroatoms. The molecule has 42 heavy (non-hydrogen) atoms. The van der Waals surface area contributed by atoms with Gasteiger partial charge in [0.15, 0.2) is 12.3 Å². The Morgan fingerprint density at radius 3 is 2.43 bits per heavy atom. The monoisotopic (exact) mass is 610 g/mol. The number of fused-ring (bicyclic) bond motifs is 5. The zero-order valence-corrected chi connectivity index (χ0v) is 28.1. The molecule has 4 aliphatic carbocycles. The van der Waals surface area contributed by atoms with E-state index in [4.69, 9.17) is 4.74 Å². The highest BCUT2D eigenvalue weighted by molar-refractivity contribution is 7.92. The number of nitrogens with zero attached hydrogens (tertiary/aromatic N) is 2. The molecule has 0 bridgehead atoms. The number of rotatable bonds is 8. The van der Waals surface area contributed by atoms with E-state index < -0.39 is 11.7 Å². The fourth-order valence-corrected chi connectivity index (χ4v) is 9.53. The van der Waals surface area contributed by atoms with Crippen LogP contribution in [0, 0.1) is 40.4 Å². The molecule has 1 aromatic heterocycles. The molecule has 0 radical (unpaired) electrons. The standard InChI is InChI=1S/C30H47FN2O3S.2C2H6.CH4/c1-19(10-14-28(2,3)35)22-8-9-23-21-6-7-25-27(34)26(36-18-20-13-17-33(32-20)37-31)12-16-30(25,5)24(21)11-15-29(22,23)4;2*1-2;/h7,13,17,19,21-24,26-27,34-35H,6,8-12,14-16,18H2,1-5H3;2*1-2H3;1H4/t19-,21?,22?,23?,24?,26?,27?,29?,30?;;;/m1.../s1. The first-order valence-electron chi connectivity index (χ1n) is 16.5. The van der Waals surface area contributed by atoms with Gasteiger partial charge in [0.1, 0.15) is 6.10 Å². The number of aliphatic hydroxyl groups excluding tert-OH is 1. The summed E-state index contributed by atoms with van der Waals surface area (Å²) < 4.78 is 20.0. The number of halogens is 1. The molecule has 0 amide bonds. The smallest absolute Gasteiger partial charge is 0.187 e. The maximum absolute atomic E-state index is 12.7. The second-order valence-corrected chi connectivity index (χ2v) is 14.4. The van der Waals surface area contributed by atoms with Crippen LogP contribution in [0.1, 0.15) is 133 Å². The first-order valence-corrected chi connectivity index (χ1v) is 17.2. The van der Waals surface area contributed by atoms with E-state index in [-0.39, 0.29) is 31.3 Å². The summed E-state index contributed by atoms with van der Waals surface area (Å²) in [5.41, 5.74) is 1.74. The molecule has 1 heterocycles. The summed E-state index contributed by atoms with van der Waals surface area (Å²) in [5, 5.41) is 25.8. The second kappa shape index (κ2) is 15.4. The Kier molecular flexibility index (Phi) is 13.7. The average Bonchev–Trinajstić information content (AvgIpc) is 3.57. The average molecular weight is 611 g/mol. The zero-order chi connectivity index (χ0) is 30.6. The molecule has 3 saturated carbocycles. The van der Waals surface area contributed by atoms with Gasteiger partial charge in [0.2, 0.25) is 0 Å². The van der Waals surface area contributed by atoms with Gasteiger partial charge in [0.05, 0.1) is 24.0 Å². The van der Waals surface area contributed by atoms with E-state index in [0.29, 0.717) is 35.5 Å². The van der Waals surface area contributed by atoms with Crippen LogP contribution in [-0.4, -0.2) is 37.2 Å². The molecule has 1 aromatic rings. The van der Waals surface area contributed by atoms with Crippen molar-refractivity contribution in [3.8, 4) is 0 Å². The zero-order valence-electron chi connectivity index (χ0n) is 27.3. The van der Waals surface area contributed by atoms with Crippen molar-refractivity contribution in [2.75, 3.05) is 0 Å². The molecule has 0 saturated heterocycles. The normalized spacial score (nSPS) is 36.0. The Morgan fingerprint density at radius 1 is 1.12 bits per heavy atom. The summed E-state index contributed by atoms with van der Waals surface area (Å²) in [4.78, 5) is 0. The largest absolute Gasteiger partial charge is 0.390 e. The lowest BCUT2D eigenvalue weighted by Gasteiger charge is -2.59. The van der Waals surface area contributed by atoms with Crippen molar-refractivity contribution >= 4 is 12.3 Å². The maximum atomic E-state index is 12.7. The predicted molar refractivity (Wildman–Crippen MR) is 176 cm³/mol. The Bertz CT molecular complexity index is 993. The lowest BCUT2D eigenvalue weighted by molar-refractivity contribution is -0.101. The van der Waals surface area contributed by atoms with Crippen molar-refractivity contribution in [1.82, 2.24) is 9.19 Å². The lowest BCUT2D eigenvalue weighted by atomic mass is 9.46. The van der Waals surface area contributed by atoms with Crippen LogP contribution in [0.4, 0.5) is 3.89 Å². The summed E-state index contributed by atoms with van der Waals surface area (Å²) in [6.07, 6.45) is 13.3. The van der Waals surface area contributed by atoms with Crippen molar-refractivity contribution < 1.29 is 18.8 Å². The first kappa shape index (κ1) is 37.3. The van der Waals surface area contributed by atoms with Gasteiger partial charge in [-0.1, -0.05) is 62.0 Å². The van der Waals surface area contributed by atoms with Crippen molar-refractivity contribution in [1.29, 1.82) is 0 Å². The SMILES string of the molecule is C.CC.CC.C[C@H](CCC(C)(C)O)C1CCC2C3CC=C4C(O)C(OCc5ccn(SF)n5)CCC4(C)C3CCC21C. The number of hydrogen-bond donors (Lipinski definition) is 2. The summed E-state index contributed by atoms with van der Waals surface area (Å²) >= 11 is 0.0688. The van der Waals surface area contributed by atoms with E-state index in [9.17, 15) is 14.1 Å². The topological polar surface area (TPSA) is 67.5 Å². The van der Waals surface area contributed by atoms with Crippen LogP contribution >= 0.6 is 12.3 Å². The Morgan fingerprint density at radius 2 is 1.81 bits per heavy atom. The highest BCUT2D eigenvalue weighted by atomic mass is 32.2. The van der Waals surface area contributed by atoms with E-state index in [1.54, 1.807) is 12.3 Å². The third kappa shape index (κ3) is 7.49. The molecular weight excluding hydrogens is 547 g/mol. The molecule has 0 aliphatic heterocycles. The fourth-order valence-electron chi connectivity index (χ4n) is 9.29. The van der Waals surface area contributed by atoms with Gasteiger partial charge in [-0.15, -0.1) is 3.89 Å². The Labute approximate surface area is 261 Å². The Hall–Kier alpha value is -0.890. The minimum atomic E-state index is -0.581. The predicted octanol–water partition coefficient (Wildman–Crippen LogP) is 9.57. The molecule has 2 N–H and O–H groups in total. The quantitative estimate of drug-likeness (QED) is 0.287. The van der Waals surface area contributed by atoms with E-state index in [0.717, 1.165) is 43.9 Å². The van der Waals surface area contributed by atoms with Crippen LogP contribution in [0.3, 0.4) is 0 Å². The molecule has 5 rings (SSSR count). The van der Waals surface area contributed by atoms with E-state index in [2.05, 4.69) is 31.9 Å². The van der Waals surface area contributed by atoms with Crippen LogP contribution in [0.15, 0.2) is 23.9 Å². The maximum Gasteiger partial charge on any atom is 0.187 e. The van der Waals surface area contributed by atoms with E-state index >= 15 is 0 Å². The summed E-state index contributed by atoms with van der Waals surface area (Å²) in [6, 6.07) is 1.76. The van der Waals surface area contributed by atoms with Gasteiger partial charge in [-0.25, -0.2) is 0 Å². The van der Waals surface area contributed by atoms with Crippen LogP contribution in [0.25, 0.3) is 0 Å². The first-order chi connectivity index (χ1) is 19.5. The number of hydrogen-bond acceptors (Lipinski definition) is 5. The lowest BCUT2D eigenvalue weighted by Crippen LogP contribution is -2.54. The molecule has 3 fully saturated rings. The number of aromatic nitrogens is 2. The summed E-state index contributed by atoms with van der Waals surface area (Å²) in [7, 11) is 0. The van der Waals surface area contributed by atoms with Gasteiger partial charge in [0, 0.05) is 6.20 Å². The minimum Gasteiger partial charge on any atom is -0.390 e. The third-order valence-electron chi connectivity index (χ3n) is 11.3. The fraction of sp³-hybridized carbons (Fsp3) is 0.857. The highest BCUT2D eigenvalue weighted by Crippen LogP contribution is 2.67. The number of aliphatic hydroxyl groups is 2. The summed E-state index contributed by atoms with van der Waals surface area (Å²) in [6.45, 7) is 19.6. The third-order valence-corrected chi connectivity index (χ3v) is 11.6. The Balaban J connectivity index is 0.00000118. The van der Waals surface area contributed by atoms with Gasteiger partial charge in [-0.2, -0.15) is 9.19 Å². The van der Waals surface area contributed by atoms with Gasteiger partial charge in [0.25, 0.3) is 0 Å². The van der Waals surface area contributed by atoms with E-state index in [1.807, 2.05) is 41.5 Å². The molecule has 4 aliphatic rings. The van der Waals surface area contributed by atoms with Gasteiger partial charge in [-0.05, 0) is 124 Å². The molecule has 5 nitrogen and oxygen atoms in total. The highest BCUT2D eigenvalue weighted by Gasteiger charge is 2.60. The van der Waals surface area contributed by atoms with Crippen LogP contribution < -0.4 is 0 Å². The molecule has 9 atom stereocenters. The molecule has 244 valence electrons. The van der Waals surface area contributed by atoms with Gasteiger partial charge < -0.3 is 14.9 Å². The minimum absolute atomic E-state index is 0. The van der Waals surface area contributed by atoms with Crippen molar-refractivity contribution in [3.63, 3.8) is 0 Å².